The normalized spacial score (nSPS) is 12.5. The number of unbranched alkanes of at least 4 members (excludes halogenated alkanes) is 34. The maximum absolute atomic E-state index is 12.8. The summed E-state index contributed by atoms with van der Waals surface area (Å²) in [5, 5.41) is 0. The smallest absolute Gasteiger partial charge is 0.306 e. The topological polar surface area (TPSA) is 78.9 Å². The average molecular weight is 877 g/mol. The summed E-state index contributed by atoms with van der Waals surface area (Å²) in [5.41, 5.74) is 0. The highest BCUT2D eigenvalue weighted by Gasteiger charge is 2.19. The van der Waals surface area contributed by atoms with Crippen LogP contribution in [0.2, 0.25) is 0 Å². The fourth-order valence-corrected chi connectivity index (χ4v) is 8.49. The van der Waals surface area contributed by atoms with Crippen LogP contribution in [0.5, 0.6) is 0 Å². The molecule has 0 rings (SSSR count). The molecular formula is C56H108O6. The van der Waals surface area contributed by atoms with Gasteiger partial charge in [-0.3, -0.25) is 14.4 Å². The fraction of sp³-hybridized carbons (Fsp3) is 0.946. The summed E-state index contributed by atoms with van der Waals surface area (Å²) in [6, 6.07) is 0. The first kappa shape index (κ1) is 60.4. The van der Waals surface area contributed by atoms with Crippen LogP contribution in [0.3, 0.4) is 0 Å². The number of rotatable bonds is 50. The summed E-state index contributed by atoms with van der Waals surface area (Å²) in [5.74, 6) is 0.861. The summed E-state index contributed by atoms with van der Waals surface area (Å²) < 4.78 is 16.9. The predicted molar refractivity (Wildman–Crippen MR) is 266 cm³/mol. The molecular weight excluding hydrogens is 769 g/mol. The Morgan fingerprint density at radius 1 is 0.339 bits per heavy atom. The second kappa shape index (κ2) is 48.9. The molecule has 368 valence electrons. The highest BCUT2D eigenvalue weighted by molar-refractivity contribution is 5.71. The molecule has 0 aliphatic rings. The fourth-order valence-electron chi connectivity index (χ4n) is 8.49. The Kier molecular flexibility index (Phi) is 47.6. The van der Waals surface area contributed by atoms with Crippen LogP contribution in [-0.4, -0.2) is 37.2 Å². The van der Waals surface area contributed by atoms with E-state index < -0.39 is 6.10 Å². The van der Waals surface area contributed by atoms with Crippen molar-refractivity contribution >= 4 is 17.9 Å². The molecule has 0 aliphatic carbocycles. The number of ether oxygens (including phenoxy) is 3. The molecule has 0 saturated carbocycles. The minimum absolute atomic E-state index is 0.0632. The third-order valence-electron chi connectivity index (χ3n) is 13.1. The molecule has 0 amide bonds. The zero-order valence-corrected chi connectivity index (χ0v) is 42.5. The Bertz CT molecular complexity index is 949. The monoisotopic (exact) mass is 877 g/mol. The van der Waals surface area contributed by atoms with E-state index in [1.165, 1.54) is 199 Å². The van der Waals surface area contributed by atoms with E-state index >= 15 is 0 Å². The van der Waals surface area contributed by atoms with Crippen LogP contribution in [0.25, 0.3) is 0 Å². The standard InChI is InChI=1S/C56H108O6/c1-6-8-9-10-11-12-13-14-15-16-21-28-33-38-43-48-56(59)62-53(50-61-55(58)47-42-37-32-27-23-22-25-30-35-40-45-52(5)7-2)49-60-54(57)46-41-36-31-26-20-18-17-19-24-29-34-39-44-51(3)4/h51-53H,6-50H2,1-5H3/t52?,53-/m0/s1. The molecule has 0 aromatic heterocycles. The molecule has 0 aliphatic heterocycles. The maximum atomic E-state index is 12.8. The van der Waals surface area contributed by atoms with Gasteiger partial charge in [0.25, 0.3) is 0 Å². The van der Waals surface area contributed by atoms with Gasteiger partial charge in [0.1, 0.15) is 13.2 Å². The van der Waals surface area contributed by atoms with E-state index in [-0.39, 0.29) is 31.1 Å². The third kappa shape index (κ3) is 47.9. The lowest BCUT2D eigenvalue weighted by Crippen LogP contribution is -2.30. The van der Waals surface area contributed by atoms with E-state index in [4.69, 9.17) is 14.2 Å². The number of carbonyl (C=O) groups excluding carboxylic acids is 3. The van der Waals surface area contributed by atoms with Crippen molar-refractivity contribution in [3.05, 3.63) is 0 Å². The molecule has 0 spiro atoms. The first-order chi connectivity index (χ1) is 30.3. The van der Waals surface area contributed by atoms with Gasteiger partial charge >= 0.3 is 17.9 Å². The van der Waals surface area contributed by atoms with Gasteiger partial charge in [0.15, 0.2) is 6.10 Å². The third-order valence-corrected chi connectivity index (χ3v) is 13.1. The van der Waals surface area contributed by atoms with Gasteiger partial charge in [-0.25, -0.2) is 0 Å². The SMILES string of the molecule is CCCCCCCCCCCCCCCCCC(=O)O[C@@H](COC(=O)CCCCCCCCCCCCCCC(C)C)COC(=O)CCCCCCCCCCCCC(C)CC. The van der Waals surface area contributed by atoms with Crippen LogP contribution in [0.15, 0.2) is 0 Å². The van der Waals surface area contributed by atoms with E-state index in [0.717, 1.165) is 69.6 Å². The molecule has 6 nitrogen and oxygen atoms in total. The van der Waals surface area contributed by atoms with E-state index in [1.54, 1.807) is 0 Å². The predicted octanol–water partition coefficient (Wildman–Crippen LogP) is 18.1. The van der Waals surface area contributed by atoms with Crippen LogP contribution in [0, 0.1) is 11.8 Å². The van der Waals surface area contributed by atoms with E-state index in [2.05, 4.69) is 34.6 Å². The Balaban J connectivity index is 4.32. The molecule has 1 unspecified atom stereocenters. The lowest BCUT2D eigenvalue weighted by Gasteiger charge is -2.18. The summed E-state index contributed by atoms with van der Waals surface area (Å²) in [6.07, 6.45) is 50.8. The largest absolute Gasteiger partial charge is 0.462 e. The van der Waals surface area contributed by atoms with Gasteiger partial charge in [0.2, 0.25) is 0 Å². The average Bonchev–Trinajstić information content (AvgIpc) is 3.26. The molecule has 0 saturated heterocycles. The molecule has 0 aromatic carbocycles. The van der Waals surface area contributed by atoms with Crippen molar-refractivity contribution in [2.24, 2.45) is 11.8 Å². The first-order valence-corrected chi connectivity index (χ1v) is 27.8. The zero-order valence-electron chi connectivity index (χ0n) is 42.5. The van der Waals surface area contributed by atoms with Gasteiger partial charge in [-0.05, 0) is 31.1 Å². The van der Waals surface area contributed by atoms with Gasteiger partial charge < -0.3 is 14.2 Å². The number of esters is 3. The number of carbonyl (C=O) groups is 3. The molecule has 2 atom stereocenters. The minimum atomic E-state index is -0.762. The Morgan fingerprint density at radius 2 is 0.613 bits per heavy atom. The van der Waals surface area contributed by atoms with Crippen molar-refractivity contribution < 1.29 is 28.6 Å². The van der Waals surface area contributed by atoms with Crippen molar-refractivity contribution in [1.29, 1.82) is 0 Å². The molecule has 0 aromatic rings. The highest BCUT2D eigenvalue weighted by Crippen LogP contribution is 2.18. The Hall–Kier alpha value is -1.59. The summed E-state index contributed by atoms with van der Waals surface area (Å²) >= 11 is 0. The highest BCUT2D eigenvalue weighted by atomic mass is 16.6. The summed E-state index contributed by atoms with van der Waals surface area (Å²) in [4.78, 5) is 38.1. The molecule has 0 heterocycles. The summed E-state index contributed by atoms with van der Waals surface area (Å²) in [7, 11) is 0. The van der Waals surface area contributed by atoms with Crippen LogP contribution in [-0.2, 0) is 28.6 Å². The lowest BCUT2D eigenvalue weighted by atomic mass is 9.99. The second-order valence-electron chi connectivity index (χ2n) is 19.9. The molecule has 0 bridgehead atoms. The molecule has 62 heavy (non-hydrogen) atoms. The first-order valence-electron chi connectivity index (χ1n) is 27.8. The molecule has 6 heteroatoms. The zero-order chi connectivity index (χ0) is 45.4. The van der Waals surface area contributed by atoms with Crippen molar-refractivity contribution in [3.8, 4) is 0 Å². The van der Waals surface area contributed by atoms with E-state index in [0.29, 0.717) is 19.3 Å². The van der Waals surface area contributed by atoms with E-state index in [9.17, 15) is 14.4 Å². The maximum Gasteiger partial charge on any atom is 0.306 e. The number of hydrogen-bond donors (Lipinski definition) is 0. The second-order valence-corrected chi connectivity index (χ2v) is 19.9. The van der Waals surface area contributed by atoms with Gasteiger partial charge in [-0.2, -0.15) is 0 Å². The Morgan fingerprint density at radius 3 is 0.919 bits per heavy atom. The van der Waals surface area contributed by atoms with Crippen molar-refractivity contribution in [1.82, 2.24) is 0 Å². The van der Waals surface area contributed by atoms with Crippen LogP contribution in [0.1, 0.15) is 311 Å². The van der Waals surface area contributed by atoms with Crippen LogP contribution >= 0.6 is 0 Å². The van der Waals surface area contributed by atoms with Crippen LogP contribution in [0.4, 0.5) is 0 Å². The lowest BCUT2D eigenvalue weighted by molar-refractivity contribution is -0.167. The van der Waals surface area contributed by atoms with Gasteiger partial charge in [0, 0.05) is 19.3 Å². The van der Waals surface area contributed by atoms with Crippen molar-refractivity contribution in [2.45, 2.75) is 317 Å². The number of hydrogen-bond acceptors (Lipinski definition) is 6. The van der Waals surface area contributed by atoms with Gasteiger partial charge in [0.05, 0.1) is 0 Å². The molecule has 0 radical (unpaired) electrons. The van der Waals surface area contributed by atoms with Crippen LogP contribution < -0.4 is 0 Å². The Labute approximate surface area is 387 Å². The van der Waals surface area contributed by atoms with E-state index in [1.807, 2.05) is 0 Å². The van der Waals surface area contributed by atoms with Crippen molar-refractivity contribution in [2.75, 3.05) is 13.2 Å². The van der Waals surface area contributed by atoms with Crippen molar-refractivity contribution in [3.63, 3.8) is 0 Å². The minimum Gasteiger partial charge on any atom is -0.462 e. The molecule has 0 N–H and O–H groups in total. The quantitative estimate of drug-likeness (QED) is 0.0344. The van der Waals surface area contributed by atoms with Gasteiger partial charge in [-0.15, -0.1) is 0 Å². The van der Waals surface area contributed by atoms with Gasteiger partial charge in [-0.1, -0.05) is 272 Å². The summed E-state index contributed by atoms with van der Waals surface area (Å²) in [6.45, 7) is 11.4. The molecule has 0 fully saturated rings.